The number of alkyl halides is 3. The molecule has 4 aromatic rings. The second kappa shape index (κ2) is 9.19. The minimum Gasteiger partial charge on any atom is -0.478 e. The number of aryl methyl sites for hydroxylation is 1. The van der Waals surface area contributed by atoms with E-state index in [-0.39, 0.29) is 5.56 Å². The minimum atomic E-state index is -4.43. The SMILES string of the molecule is N#CCCc1ccc(-c2cc(C(=O)O)cc(-n3cc(-c4ccc(C(F)(F)F)cc4)nn3)c2)cc1. The maximum absolute atomic E-state index is 12.8. The Morgan fingerprint density at radius 2 is 1.65 bits per heavy atom. The average Bonchev–Trinajstić information content (AvgIpc) is 3.33. The Kier molecular flexibility index (Phi) is 6.15. The van der Waals surface area contributed by atoms with E-state index in [9.17, 15) is 23.1 Å². The summed E-state index contributed by atoms with van der Waals surface area (Å²) in [4.78, 5) is 11.7. The lowest BCUT2D eigenvalue weighted by molar-refractivity contribution is -0.137. The van der Waals surface area contributed by atoms with Crippen molar-refractivity contribution in [2.24, 2.45) is 0 Å². The number of aromatic carboxylic acids is 1. The van der Waals surface area contributed by atoms with Crippen molar-refractivity contribution in [3.05, 3.63) is 89.6 Å². The van der Waals surface area contributed by atoms with Gasteiger partial charge < -0.3 is 5.11 Å². The van der Waals surface area contributed by atoms with Gasteiger partial charge in [-0.2, -0.15) is 18.4 Å². The maximum atomic E-state index is 12.8. The van der Waals surface area contributed by atoms with Crippen LogP contribution in [0.5, 0.6) is 0 Å². The summed E-state index contributed by atoms with van der Waals surface area (Å²) in [5.41, 5.74) is 2.95. The van der Waals surface area contributed by atoms with Gasteiger partial charge in [0, 0.05) is 12.0 Å². The van der Waals surface area contributed by atoms with Gasteiger partial charge in [-0.15, -0.1) is 5.10 Å². The molecule has 0 saturated heterocycles. The van der Waals surface area contributed by atoms with Crippen molar-refractivity contribution in [2.75, 3.05) is 0 Å². The van der Waals surface area contributed by atoms with Crippen LogP contribution in [0.3, 0.4) is 0 Å². The Balaban J connectivity index is 1.67. The van der Waals surface area contributed by atoms with Crippen molar-refractivity contribution >= 4 is 5.97 Å². The molecule has 0 saturated carbocycles. The van der Waals surface area contributed by atoms with Gasteiger partial charge in [0.15, 0.2) is 0 Å². The Labute approximate surface area is 192 Å². The molecule has 9 heteroatoms. The van der Waals surface area contributed by atoms with Crippen LogP contribution in [0.2, 0.25) is 0 Å². The summed E-state index contributed by atoms with van der Waals surface area (Å²) in [6.45, 7) is 0. The molecule has 0 fully saturated rings. The summed E-state index contributed by atoms with van der Waals surface area (Å²) >= 11 is 0. The third-order valence-corrected chi connectivity index (χ3v) is 5.24. The topological polar surface area (TPSA) is 91.8 Å². The van der Waals surface area contributed by atoms with Crippen LogP contribution in [0.25, 0.3) is 28.1 Å². The lowest BCUT2D eigenvalue weighted by atomic mass is 9.99. The molecule has 0 atom stereocenters. The first kappa shape index (κ1) is 22.7. The molecule has 0 spiro atoms. The second-order valence-corrected chi connectivity index (χ2v) is 7.55. The largest absolute Gasteiger partial charge is 0.478 e. The summed E-state index contributed by atoms with van der Waals surface area (Å²) in [6.07, 6.45) is -1.87. The second-order valence-electron chi connectivity index (χ2n) is 7.55. The van der Waals surface area contributed by atoms with Crippen LogP contribution in [0.1, 0.15) is 27.9 Å². The van der Waals surface area contributed by atoms with Crippen LogP contribution in [-0.4, -0.2) is 26.1 Å². The fraction of sp³-hybridized carbons (Fsp3) is 0.120. The standard InChI is InChI=1S/C25H17F3N4O2/c26-25(27,28)21-9-7-18(8-10-21)23-15-32(31-30-23)22-13-19(12-20(14-22)24(33)34)17-5-3-16(4-6-17)2-1-11-29/h3-10,12-15H,1-2H2,(H,33,34). The van der Waals surface area contributed by atoms with Gasteiger partial charge >= 0.3 is 12.1 Å². The average molecular weight is 462 g/mol. The van der Waals surface area contributed by atoms with Crippen molar-refractivity contribution < 1.29 is 23.1 Å². The lowest BCUT2D eigenvalue weighted by Gasteiger charge is -2.09. The highest BCUT2D eigenvalue weighted by atomic mass is 19.4. The Bertz CT molecular complexity index is 1370. The monoisotopic (exact) mass is 462 g/mol. The summed E-state index contributed by atoms with van der Waals surface area (Å²) < 4.78 is 39.8. The number of hydrogen-bond donors (Lipinski definition) is 1. The van der Waals surface area contributed by atoms with Crippen molar-refractivity contribution in [1.82, 2.24) is 15.0 Å². The highest BCUT2D eigenvalue weighted by Gasteiger charge is 2.30. The molecular formula is C25H17F3N4O2. The molecule has 1 N–H and O–H groups in total. The minimum absolute atomic E-state index is 0.0487. The molecule has 0 aliphatic carbocycles. The first-order valence-electron chi connectivity index (χ1n) is 10.2. The molecule has 3 aromatic carbocycles. The van der Waals surface area contributed by atoms with Crippen molar-refractivity contribution in [2.45, 2.75) is 19.0 Å². The number of rotatable bonds is 6. The quantitative estimate of drug-likeness (QED) is 0.393. The zero-order valence-electron chi connectivity index (χ0n) is 17.6. The number of carboxylic acids is 1. The van der Waals surface area contributed by atoms with Crippen molar-refractivity contribution in [3.63, 3.8) is 0 Å². The predicted molar refractivity (Wildman–Crippen MR) is 118 cm³/mol. The van der Waals surface area contributed by atoms with Crippen LogP contribution in [0.4, 0.5) is 13.2 Å². The van der Waals surface area contributed by atoms with E-state index in [0.717, 1.165) is 23.3 Å². The van der Waals surface area contributed by atoms with Gasteiger partial charge in [-0.25, -0.2) is 9.48 Å². The van der Waals surface area contributed by atoms with Crippen molar-refractivity contribution in [3.8, 4) is 34.1 Å². The van der Waals surface area contributed by atoms with E-state index in [1.807, 2.05) is 24.3 Å². The molecule has 1 heterocycles. The Morgan fingerprint density at radius 3 is 2.26 bits per heavy atom. The van der Waals surface area contributed by atoms with Gasteiger partial charge in [0.2, 0.25) is 0 Å². The van der Waals surface area contributed by atoms with E-state index >= 15 is 0 Å². The number of halogens is 3. The van der Waals surface area contributed by atoms with E-state index in [4.69, 9.17) is 5.26 Å². The van der Waals surface area contributed by atoms with Gasteiger partial charge in [0.1, 0.15) is 5.69 Å². The molecule has 0 bridgehead atoms. The first-order valence-corrected chi connectivity index (χ1v) is 10.2. The highest BCUT2D eigenvalue weighted by Crippen LogP contribution is 2.31. The number of carboxylic acid groups (broad SMARTS) is 1. The normalized spacial score (nSPS) is 11.2. The highest BCUT2D eigenvalue weighted by molar-refractivity contribution is 5.90. The van der Waals surface area contributed by atoms with Gasteiger partial charge in [0.05, 0.1) is 29.1 Å². The van der Waals surface area contributed by atoms with E-state index < -0.39 is 17.7 Å². The number of nitrogens with zero attached hydrogens (tertiary/aromatic N) is 4. The van der Waals surface area contributed by atoms with Crippen LogP contribution in [0, 0.1) is 11.3 Å². The van der Waals surface area contributed by atoms with Gasteiger partial charge in [-0.1, -0.05) is 41.6 Å². The van der Waals surface area contributed by atoms with E-state index in [1.54, 1.807) is 12.1 Å². The molecule has 0 aliphatic rings. The molecule has 0 radical (unpaired) electrons. The number of carbonyl (C=O) groups is 1. The Hall–Kier alpha value is -4.45. The maximum Gasteiger partial charge on any atom is 0.416 e. The third-order valence-electron chi connectivity index (χ3n) is 5.24. The molecular weight excluding hydrogens is 445 g/mol. The summed E-state index contributed by atoms with van der Waals surface area (Å²) in [5, 5.41) is 26.4. The zero-order chi connectivity index (χ0) is 24.3. The Morgan fingerprint density at radius 1 is 0.971 bits per heavy atom. The number of aromatic nitrogens is 3. The van der Waals surface area contributed by atoms with Gasteiger partial charge in [-0.05, 0) is 53.4 Å². The fourth-order valence-corrected chi connectivity index (χ4v) is 3.45. The number of hydrogen-bond acceptors (Lipinski definition) is 4. The number of nitriles is 1. The first-order chi connectivity index (χ1) is 16.2. The van der Waals surface area contributed by atoms with Gasteiger partial charge in [-0.3, -0.25) is 0 Å². The smallest absolute Gasteiger partial charge is 0.416 e. The molecule has 0 aliphatic heterocycles. The van der Waals surface area contributed by atoms with Crippen molar-refractivity contribution in [1.29, 1.82) is 5.26 Å². The molecule has 0 unspecified atom stereocenters. The molecule has 34 heavy (non-hydrogen) atoms. The lowest BCUT2D eigenvalue weighted by Crippen LogP contribution is -2.03. The van der Waals surface area contributed by atoms with Crippen LogP contribution in [-0.2, 0) is 12.6 Å². The molecule has 170 valence electrons. The van der Waals surface area contributed by atoms with Crippen LogP contribution < -0.4 is 0 Å². The van der Waals surface area contributed by atoms with E-state index in [0.29, 0.717) is 35.3 Å². The van der Waals surface area contributed by atoms with Crippen LogP contribution in [0.15, 0.2) is 72.9 Å². The van der Waals surface area contributed by atoms with Crippen LogP contribution >= 0.6 is 0 Å². The number of benzene rings is 3. The van der Waals surface area contributed by atoms with E-state index in [2.05, 4.69) is 16.4 Å². The third kappa shape index (κ3) is 4.96. The van der Waals surface area contributed by atoms with Gasteiger partial charge in [0.25, 0.3) is 0 Å². The molecule has 0 amide bonds. The summed E-state index contributed by atoms with van der Waals surface area (Å²) in [7, 11) is 0. The summed E-state index contributed by atoms with van der Waals surface area (Å²) in [6, 6.07) is 18.9. The van der Waals surface area contributed by atoms with E-state index in [1.165, 1.54) is 29.1 Å². The molecule has 4 rings (SSSR count). The molecule has 6 nitrogen and oxygen atoms in total. The fourth-order valence-electron chi connectivity index (χ4n) is 3.45. The summed E-state index contributed by atoms with van der Waals surface area (Å²) in [5.74, 6) is -1.11. The zero-order valence-corrected chi connectivity index (χ0v) is 17.6. The molecule has 1 aromatic heterocycles. The predicted octanol–water partition coefficient (Wildman–Crippen LogP) is 5.77.